The zero-order valence-electron chi connectivity index (χ0n) is 13.9. The van der Waals surface area contributed by atoms with Crippen molar-refractivity contribution in [3.8, 4) is 5.75 Å². The Bertz CT molecular complexity index is 857. The molecule has 0 aliphatic carbocycles. The first-order valence-corrected chi connectivity index (χ1v) is 9.00. The van der Waals surface area contributed by atoms with Crippen LogP contribution in [-0.4, -0.2) is 28.1 Å². The second kappa shape index (κ2) is 8.34. The lowest BCUT2D eigenvalue weighted by atomic mass is 10.2. The van der Waals surface area contributed by atoms with Gasteiger partial charge in [0, 0.05) is 0 Å². The van der Waals surface area contributed by atoms with Crippen LogP contribution in [0.4, 0.5) is 5.69 Å². The largest absolute Gasteiger partial charge is 0.497 e. The van der Waals surface area contributed by atoms with Crippen LogP contribution in [0.5, 0.6) is 5.75 Å². The Hall–Kier alpha value is -2.80. The molecule has 0 bridgehead atoms. The smallest absolute Gasteiger partial charge is 0.340 e. The third kappa shape index (κ3) is 4.84. The van der Waals surface area contributed by atoms with Crippen molar-refractivity contribution in [3.05, 3.63) is 66.2 Å². The van der Waals surface area contributed by atoms with Crippen LogP contribution in [0.15, 0.2) is 65.6 Å². The van der Waals surface area contributed by atoms with E-state index in [-0.39, 0.29) is 22.8 Å². The maximum atomic E-state index is 12.5. The van der Waals surface area contributed by atoms with Gasteiger partial charge >= 0.3 is 5.97 Å². The summed E-state index contributed by atoms with van der Waals surface area (Å²) in [6.45, 7) is 1.93. The molecule has 132 valence electrons. The number of para-hydroxylation sites is 1. The van der Waals surface area contributed by atoms with Gasteiger partial charge < -0.3 is 9.47 Å². The van der Waals surface area contributed by atoms with Crippen LogP contribution in [0.1, 0.15) is 17.3 Å². The quantitative estimate of drug-likeness (QED) is 0.605. The SMILES string of the molecule is C/C=C/COC(=O)c1ccccc1NS(=O)(=O)c1ccc(OC)cc1. The molecule has 1 N–H and O–H groups in total. The van der Waals surface area contributed by atoms with Crippen molar-refractivity contribution in [1.29, 1.82) is 0 Å². The molecule has 2 aromatic rings. The zero-order valence-corrected chi connectivity index (χ0v) is 14.7. The minimum Gasteiger partial charge on any atom is -0.497 e. The molecular weight excluding hydrogens is 342 g/mol. The average Bonchev–Trinajstić information content (AvgIpc) is 2.62. The van der Waals surface area contributed by atoms with Gasteiger partial charge in [-0.05, 0) is 43.3 Å². The van der Waals surface area contributed by atoms with Crippen molar-refractivity contribution in [3.63, 3.8) is 0 Å². The van der Waals surface area contributed by atoms with Gasteiger partial charge in [-0.2, -0.15) is 0 Å². The number of benzene rings is 2. The first kappa shape index (κ1) is 18.5. The molecule has 0 heterocycles. The highest BCUT2D eigenvalue weighted by molar-refractivity contribution is 7.92. The molecular formula is C18H19NO5S. The van der Waals surface area contributed by atoms with Crippen molar-refractivity contribution >= 4 is 21.7 Å². The average molecular weight is 361 g/mol. The summed E-state index contributed by atoms with van der Waals surface area (Å²) in [5.41, 5.74) is 0.299. The third-order valence-corrected chi connectivity index (χ3v) is 4.69. The lowest BCUT2D eigenvalue weighted by Gasteiger charge is -2.12. The van der Waals surface area contributed by atoms with E-state index in [2.05, 4.69) is 4.72 Å². The lowest BCUT2D eigenvalue weighted by molar-refractivity contribution is 0.0550. The van der Waals surface area contributed by atoms with Gasteiger partial charge in [-0.1, -0.05) is 24.3 Å². The highest BCUT2D eigenvalue weighted by Crippen LogP contribution is 2.22. The van der Waals surface area contributed by atoms with E-state index in [0.29, 0.717) is 5.75 Å². The summed E-state index contributed by atoms with van der Waals surface area (Å²) in [4.78, 5) is 12.2. The number of carbonyl (C=O) groups is 1. The first-order chi connectivity index (χ1) is 12.0. The number of allylic oxidation sites excluding steroid dienone is 1. The van der Waals surface area contributed by atoms with Crippen LogP contribution in [0, 0.1) is 0 Å². The molecule has 2 aromatic carbocycles. The Morgan fingerprint density at radius 1 is 1.12 bits per heavy atom. The summed E-state index contributed by atoms with van der Waals surface area (Å²) in [6, 6.07) is 12.2. The van der Waals surface area contributed by atoms with E-state index in [1.54, 1.807) is 36.4 Å². The van der Waals surface area contributed by atoms with Gasteiger partial charge in [0.05, 0.1) is 23.3 Å². The number of carbonyl (C=O) groups excluding carboxylic acids is 1. The Kier molecular flexibility index (Phi) is 6.19. The molecule has 0 radical (unpaired) electrons. The number of hydrogen-bond acceptors (Lipinski definition) is 5. The van der Waals surface area contributed by atoms with Gasteiger partial charge in [-0.25, -0.2) is 13.2 Å². The number of methoxy groups -OCH3 is 1. The summed E-state index contributed by atoms with van der Waals surface area (Å²) < 4.78 is 37.6. The molecule has 7 heteroatoms. The first-order valence-electron chi connectivity index (χ1n) is 7.52. The minimum absolute atomic E-state index is 0.0605. The van der Waals surface area contributed by atoms with Crippen LogP contribution in [0.25, 0.3) is 0 Å². The molecule has 0 aliphatic rings. The van der Waals surface area contributed by atoms with Crippen LogP contribution in [-0.2, 0) is 14.8 Å². The molecule has 25 heavy (non-hydrogen) atoms. The molecule has 0 fully saturated rings. The fourth-order valence-corrected chi connectivity index (χ4v) is 3.09. The van der Waals surface area contributed by atoms with Gasteiger partial charge in [0.1, 0.15) is 12.4 Å². The van der Waals surface area contributed by atoms with Gasteiger partial charge in [0.15, 0.2) is 0 Å². The monoisotopic (exact) mass is 361 g/mol. The summed E-state index contributed by atoms with van der Waals surface area (Å²) in [5, 5.41) is 0. The number of ether oxygens (including phenoxy) is 2. The van der Waals surface area contributed by atoms with E-state index in [1.165, 1.54) is 31.4 Å². The Morgan fingerprint density at radius 3 is 2.44 bits per heavy atom. The minimum atomic E-state index is -3.85. The van der Waals surface area contributed by atoms with Crippen LogP contribution in [0.2, 0.25) is 0 Å². The summed E-state index contributed by atoms with van der Waals surface area (Å²) in [7, 11) is -2.35. The van der Waals surface area contributed by atoms with Crippen LogP contribution in [0.3, 0.4) is 0 Å². The number of hydrogen-bond donors (Lipinski definition) is 1. The summed E-state index contributed by atoms with van der Waals surface area (Å²) >= 11 is 0. The van der Waals surface area contributed by atoms with Crippen LogP contribution < -0.4 is 9.46 Å². The molecule has 6 nitrogen and oxygen atoms in total. The molecule has 2 rings (SSSR count). The van der Waals surface area contributed by atoms with Gasteiger partial charge in [0.25, 0.3) is 10.0 Å². The standard InChI is InChI=1S/C18H19NO5S/c1-3-4-13-24-18(20)16-7-5-6-8-17(16)19-25(21,22)15-11-9-14(23-2)10-12-15/h3-12,19H,13H2,1-2H3/b4-3+. The second-order valence-corrected chi connectivity index (χ2v) is 6.68. The molecule has 0 unspecified atom stereocenters. The number of sulfonamides is 1. The highest BCUT2D eigenvalue weighted by atomic mass is 32.2. The normalized spacial score (nSPS) is 11.3. The zero-order chi connectivity index (χ0) is 18.3. The van der Waals surface area contributed by atoms with E-state index in [1.807, 2.05) is 6.92 Å². The van der Waals surface area contributed by atoms with E-state index in [9.17, 15) is 13.2 Å². The number of anilines is 1. The van der Waals surface area contributed by atoms with Gasteiger partial charge in [0.2, 0.25) is 0 Å². The molecule has 0 atom stereocenters. The topological polar surface area (TPSA) is 81.7 Å². The van der Waals surface area contributed by atoms with Crippen molar-refractivity contribution in [2.24, 2.45) is 0 Å². The van der Waals surface area contributed by atoms with Crippen molar-refractivity contribution in [2.75, 3.05) is 18.4 Å². The maximum absolute atomic E-state index is 12.5. The molecule has 0 saturated heterocycles. The van der Waals surface area contributed by atoms with E-state index in [0.717, 1.165) is 0 Å². The fraction of sp³-hybridized carbons (Fsp3) is 0.167. The maximum Gasteiger partial charge on any atom is 0.340 e. The molecule has 0 amide bonds. The van der Waals surface area contributed by atoms with Gasteiger partial charge in [-0.3, -0.25) is 4.72 Å². The van der Waals surface area contributed by atoms with Crippen LogP contribution >= 0.6 is 0 Å². The van der Waals surface area contributed by atoms with E-state index >= 15 is 0 Å². The predicted octanol–water partition coefficient (Wildman–Crippen LogP) is 3.23. The second-order valence-electron chi connectivity index (χ2n) is 4.99. The summed E-state index contributed by atoms with van der Waals surface area (Å²) in [5.74, 6) is -0.0574. The predicted molar refractivity (Wildman–Crippen MR) is 95.3 cm³/mol. The Balaban J connectivity index is 2.25. The van der Waals surface area contributed by atoms with E-state index < -0.39 is 16.0 Å². The molecule has 0 saturated carbocycles. The lowest BCUT2D eigenvalue weighted by Crippen LogP contribution is -2.16. The Morgan fingerprint density at radius 2 is 1.80 bits per heavy atom. The fourth-order valence-electron chi connectivity index (χ4n) is 2.01. The molecule has 0 aliphatic heterocycles. The third-order valence-electron chi connectivity index (χ3n) is 3.31. The number of nitrogens with one attached hydrogen (secondary N) is 1. The number of rotatable bonds is 7. The molecule has 0 spiro atoms. The van der Waals surface area contributed by atoms with Crippen molar-refractivity contribution < 1.29 is 22.7 Å². The van der Waals surface area contributed by atoms with E-state index in [4.69, 9.17) is 9.47 Å². The number of esters is 1. The van der Waals surface area contributed by atoms with Crippen molar-refractivity contribution in [2.45, 2.75) is 11.8 Å². The Labute approximate surface area is 147 Å². The summed E-state index contributed by atoms with van der Waals surface area (Å²) in [6.07, 6.45) is 3.44. The van der Waals surface area contributed by atoms with Gasteiger partial charge in [-0.15, -0.1) is 0 Å². The highest BCUT2D eigenvalue weighted by Gasteiger charge is 2.19. The molecule has 0 aromatic heterocycles. The van der Waals surface area contributed by atoms with Crippen molar-refractivity contribution in [1.82, 2.24) is 0 Å².